The van der Waals surface area contributed by atoms with Gasteiger partial charge in [0.15, 0.2) is 5.78 Å². The van der Waals surface area contributed by atoms with Crippen molar-refractivity contribution in [1.29, 1.82) is 0 Å². The molecule has 6 heteroatoms. The first-order valence-electron chi connectivity index (χ1n) is 10.9. The predicted octanol–water partition coefficient (Wildman–Crippen LogP) is 7.75. The summed E-state index contributed by atoms with van der Waals surface area (Å²) in [5.41, 5.74) is 2.51. The predicted molar refractivity (Wildman–Crippen MR) is 139 cm³/mol. The maximum Gasteiger partial charge on any atom is 0.193 e. The molecule has 0 fully saturated rings. The van der Waals surface area contributed by atoms with Crippen molar-refractivity contribution in [3.05, 3.63) is 129 Å². The van der Waals surface area contributed by atoms with Crippen molar-refractivity contribution in [1.82, 2.24) is 0 Å². The minimum Gasteiger partial charge on any atom is -0.507 e. The molecule has 0 bridgehead atoms. The monoisotopic (exact) mass is 504 g/mol. The van der Waals surface area contributed by atoms with Crippen LogP contribution >= 0.6 is 23.2 Å². The van der Waals surface area contributed by atoms with E-state index in [1.807, 2.05) is 60.7 Å². The second kappa shape index (κ2) is 11.6. The van der Waals surface area contributed by atoms with E-state index in [4.69, 9.17) is 32.7 Å². The average Bonchev–Trinajstić information content (AvgIpc) is 2.87. The third-order valence-electron chi connectivity index (χ3n) is 5.16. The van der Waals surface area contributed by atoms with Crippen LogP contribution in [0.4, 0.5) is 0 Å². The van der Waals surface area contributed by atoms with Crippen LogP contribution in [0.15, 0.2) is 97.1 Å². The van der Waals surface area contributed by atoms with Crippen LogP contribution in [0.3, 0.4) is 0 Å². The number of aromatic hydroxyl groups is 1. The fraction of sp³-hybridized carbons (Fsp3) is 0.0690. The van der Waals surface area contributed by atoms with Gasteiger partial charge in [-0.3, -0.25) is 4.79 Å². The SMILES string of the molecule is O=C(C=Cc1cc(Cl)ccc1Cl)c1c(O)cc(OCc2ccccc2)cc1OCc1ccccc1. The van der Waals surface area contributed by atoms with Gasteiger partial charge in [0.05, 0.1) is 0 Å². The molecule has 0 heterocycles. The van der Waals surface area contributed by atoms with E-state index in [0.717, 1.165) is 11.1 Å². The summed E-state index contributed by atoms with van der Waals surface area (Å²) in [4.78, 5) is 13.1. The van der Waals surface area contributed by atoms with Crippen molar-refractivity contribution < 1.29 is 19.4 Å². The van der Waals surface area contributed by atoms with Crippen molar-refractivity contribution in [2.24, 2.45) is 0 Å². The van der Waals surface area contributed by atoms with E-state index in [2.05, 4.69) is 0 Å². The molecule has 0 radical (unpaired) electrons. The van der Waals surface area contributed by atoms with Gasteiger partial charge in [0.25, 0.3) is 0 Å². The Hall–Kier alpha value is -3.73. The van der Waals surface area contributed by atoms with Gasteiger partial charge in [-0.15, -0.1) is 0 Å². The Kier molecular flexibility index (Phi) is 8.09. The van der Waals surface area contributed by atoms with E-state index in [9.17, 15) is 9.90 Å². The second-order valence-electron chi connectivity index (χ2n) is 7.73. The number of hydrogen-bond acceptors (Lipinski definition) is 4. The van der Waals surface area contributed by atoms with Crippen LogP contribution in [-0.2, 0) is 13.2 Å². The number of benzene rings is 4. The maximum absolute atomic E-state index is 13.1. The Morgan fingerprint density at radius 2 is 1.43 bits per heavy atom. The molecule has 0 amide bonds. The Balaban J connectivity index is 1.62. The summed E-state index contributed by atoms with van der Waals surface area (Å²) >= 11 is 12.2. The lowest BCUT2D eigenvalue weighted by atomic mass is 10.1. The van der Waals surface area contributed by atoms with Gasteiger partial charge in [-0.1, -0.05) is 83.9 Å². The lowest BCUT2D eigenvalue weighted by Crippen LogP contribution is -2.04. The molecule has 0 spiro atoms. The summed E-state index contributed by atoms with van der Waals surface area (Å²) in [6.07, 6.45) is 2.88. The molecular formula is C29H22Cl2O4. The molecule has 1 N–H and O–H groups in total. The third kappa shape index (κ3) is 6.66. The van der Waals surface area contributed by atoms with Gasteiger partial charge in [-0.05, 0) is 47.0 Å². The highest BCUT2D eigenvalue weighted by Crippen LogP contribution is 2.35. The third-order valence-corrected chi connectivity index (χ3v) is 5.74. The van der Waals surface area contributed by atoms with Gasteiger partial charge >= 0.3 is 0 Å². The lowest BCUT2D eigenvalue weighted by molar-refractivity contribution is 0.104. The molecule has 4 aromatic carbocycles. The molecular weight excluding hydrogens is 483 g/mol. The zero-order valence-corrected chi connectivity index (χ0v) is 20.2. The maximum atomic E-state index is 13.1. The number of ether oxygens (including phenoxy) is 2. The molecule has 0 unspecified atom stereocenters. The Morgan fingerprint density at radius 1 is 0.800 bits per heavy atom. The first kappa shape index (κ1) is 24.4. The number of halogens is 2. The summed E-state index contributed by atoms with van der Waals surface area (Å²) in [5.74, 6) is -0.0988. The quantitative estimate of drug-likeness (QED) is 0.187. The molecule has 4 rings (SSSR count). The number of ketones is 1. The Bertz CT molecular complexity index is 1340. The van der Waals surface area contributed by atoms with Crippen LogP contribution in [0.25, 0.3) is 6.08 Å². The normalized spacial score (nSPS) is 10.9. The van der Waals surface area contributed by atoms with Crippen LogP contribution in [0.5, 0.6) is 17.2 Å². The number of phenols is 1. The minimum atomic E-state index is -0.448. The fourth-order valence-electron chi connectivity index (χ4n) is 3.39. The zero-order chi connectivity index (χ0) is 24.6. The molecule has 0 aromatic heterocycles. The number of allylic oxidation sites excluding steroid dienone is 1. The highest BCUT2D eigenvalue weighted by Gasteiger charge is 2.19. The topological polar surface area (TPSA) is 55.8 Å². The highest BCUT2D eigenvalue weighted by molar-refractivity contribution is 6.34. The van der Waals surface area contributed by atoms with Crippen LogP contribution in [0.2, 0.25) is 10.0 Å². The van der Waals surface area contributed by atoms with Gasteiger partial charge in [0, 0.05) is 22.2 Å². The lowest BCUT2D eigenvalue weighted by Gasteiger charge is -2.15. The number of hydrogen-bond donors (Lipinski definition) is 1. The van der Waals surface area contributed by atoms with Crippen molar-refractivity contribution in [2.75, 3.05) is 0 Å². The molecule has 0 aliphatic rings. The van der Waals surface area contributed by atoms with Crippen molar-refractivity contribution in [3.8, 4) is 17.2 Å². The van der Waals surface area contributed by atoms with Gasteiger partial charge < -0.3 is 14.6 Å². The van der Waals surface area contributed by atoms with Crippen LogP contribution in [0.1, 0.15) is 27.0 Å². The largest absolute Gasteiger partial charge is 0.507 e. The average molecular weight is 505 g/mol. The highest BCUT2D eigenvalue weighted by atomic mass is 35.5. The summed E-state index contributed by atoms with van der Waals surface area (Å²) in [5, 5.41) is 11.7. The van der Waals surface area contributed by atoms with E-state index in [1.54, 1.807) is 30.3 Å². The molecule has 0 aliphatic heterocycles. The zero-order valence-electron chi connectivity index (χ0n) is 18.7. The number of carbonyl (C=O) groups is 1. The Morgan fingerprint density at radius 3 is 2.09 bits per heavy atom. The first-order chi connectivity index (χ1) is 17.0. The summed E-state index contributed by atoms with van der Waals surface area (Å²) in [7, 11) is 0. The molecule has 0 aliphatic carbocycles. The van der Waals surface area contributed by atoms with Crippen LogP contribution < -0.4 is 9.47 Å². The molecule has 0 saturated heterocycles. The number of rotatable bonds is 9. The standard InChI is InChI=1S/C29H22Cl2O4/c30-23-12-13-25(31)22(15-23)11-14-26(32)29-27(33)16-24(34-18-20-7-3-1-4-8-20)17-28(29)35-19-21-9-5-2-6-10-21/h1-17,33H,18-19H2. The molecule has 35 heavy (non-hydrogen) atoms. The molecule has 0 atom stereocenters. The summed E-state index contributed by atoms with van der Waals surface area (Å²) in [6.45, 7) is 0.519. The molecule has 4 nitrogen and oxygen atoms in total. The van der Waals surface area contributed by atoms with E-state index >= 15 is 0 Å². The second-order valence-corrected chi connectivity index (χ2v) is 8.57. The minimum absolute atomic E-state index is 0.0300. The van der Waals surface area contributed by atoms with Gasteiger partial charge in [0.1, 0.15) is 36.0 Å². The van der Waals surface area contributed by atoms with Crippen LogP contribution in [0, 0.1) is 0 Å². The van der Waals surface area contributed by atoms with Gasteiger partial charge in [-0.25, -0.2) is 0 Å². The van der Waals surface area contributed by atoms with Gasteiger partial charge in [-0.2, -0.15) is 0 Å². The van der Waals surface area contributed by atoms with E-state index in [1.165, 1.54) is 12.1 Å². The summed E-state index contributed by atoms with van der Waals surface area (Å²) in [6, 6.07) is 27.2. The fourth-order valence-corrected chi connectivity index (χ4v) is 3.75. The van der Waals surface area contributed by atoms with Crippen LogP contribution in [-0.4, -0.2) is 10.9 Å². The van der Waals surface area contributed by atoms with Crippen molar-refractivity contribution in [3.63, 3.8) is 0 Å². The number of phenolic OH excluding ortho intramolecular Hbond substituents is 1. The number of carbonyl (C=O) groups excluding carboxylic acids is 1. The molecule has 0 saturated carbocycles. The van der Waals surface area contributed by atoms with E-state index in [-0.39, 0.29) is 23.7 Å². The first-order valence-corrected chi connectivity index (χ1v) is 11.6. The van der Waals surface area contributed by atoms with Crippen molar-refractivity contribution in [2.45, 2.75) is 13.2 Å². The smallest absolute Gasteiger partial charge is 0.193 e. The van der Waals surface area contributed by atoms with Crippen molar-refractivity contribution >= 4 is 35.1 Å². The van der Waals surface area contributed by atoms with E-state index < -0.39 is 5.78 Å². The Labute approximate surface area is 214 Å². The summed E-state index contributed by atoms with van der Waals surface area (Å²) < 4.78 is 11.8. The molecule has 4 aromatic rings. The van der Waals surface area contributed by atoms with E-state index in [0.29, 0.717) is 28.0 Å². The van der Waals surface area contributed by atoms with Gasteiger partial charge in [0.2, 0.25) is 0 Å². The molecule has 176 valence electrons.